The summed E-state index contributed by atoms with van der Waals surface area (Å²) >= 11 is 0. The molecule has 0 aromatic heterocycles. The molecule has 2 heterocycles. The summed E-state index contributed by atoms with van der Waals surface area (Å²) in [5.41, 5.74) is 1.22. The van der Waals surface area contributed by atoms with Crippen LogP contribution in [0, 0.1) is 17.7 Å². The Morgan fingerprint density at radius 3 is 2.67 bits per heavy atom. The molecule has 1 aromatic rings. The average molecular weight is 248 g/mol. The van der Waals surface area contributed by atoms with Crippen molar-refractivity contribution in [3.63, 3.8) is 0 Å². The van der Waals surface area contributed by atoms with Crippen LogP contribution in [-0.4, -0.2) is 30.6 Å². The first-order chi connectivity index (χ1) is 8.66. The number of likely N-dealkylation sites (tertiary alicyclic amines) is 1. The first-order valence-electron chi connectivity index (χ1n) is 6.88. The van der Waals surface area contributed by atoms with E-state index in [-0.39, 0.29) is 5.82 Å². The lowest BCUT2D eigenvalue weighted by molar-refractivity contribution is 0.182. The Morgan fingerprint density at radius 2 is 2.00 bits per heavy atom. The maximum atomic E-state index is 13.0. The van der Waals surface area contributed by atoms with Crippen molar-refractivity contribution >= 4 is 0 Å². The van der Waals surface area contributed by atoms with Gasteiger partial charge in [-0.2, -0.15) is 0 Å². The van der Waals surface area contributed by atoms with Gasteiger partial charge < -0.3 is 5.32 Å². The number of nitrogens with one attached hydrogen (secondary N) is 1. The van der Waals surface area contributed by atoms with Crippen LogP contribution < -0.4 is 5.32 Å². The minimum absolute atomic E-state index is 0.151. The molecular formula is C15H21FN2. The molecule has 3 heteroatoms. The van der Waals surface area contributed by atoms with Crippen LogP contribution in [0.5, 0.6) is 0 Å². The van der Waals surface area contributed by atoms with E-state index in [1.54, 1.807) is 12.1 Å². The van der Waals surface area contributed by atoms with Crippen LogP contribution in [0.1, 0.15) is 25.5 Å². The van der Waals surface area contributed by atoms with Crippen LogP contribution in [0.3, 0.4) is 0 Å². The Balaban J connectivity index is 1.77. The Hall–Kier alpha value is -0.930. The highest BCUT2D eigenvalue weighted by molar-refractivity contribution is 5.20. The van der Waals surface area contributed by atoms with E-state index in [9.17, 15) is 4.39 Å². The van der Waals surface area contributed by atoms with Crippen LogP contribution >= 0.6 is 0 Å². The third-order valence-corrected chi connectivity index (χ3v) is 4.83. The number of benzene rings is 1. The van der Waals surface area contributed by atoms with Gasteiger partial charge in [0, 0.05) is 18.6 Å². The quantitative estimate of drug-likeness (QED) is 0.864. The molecule has 0 radical (unpaired) electrons. The van der Waals surface area contributed by atoms with Gasteiger partial charge in [-0.1, -0.05) is 12.1 Å². The normalized spacial score (nSPS) is 33.6. The van der Waals surface area contributed by atoms with Gasteiger partial charge in [0.15, 0.2) is 0 Å². The SMILES string of the molecule is CC(c1ccc(F)cc1)N1CC2CNCC2C1C. The summed E-state index contributed by atoms with van der Waals surface area (Å²) in [4.78, 5) is 2.57. The molecule has 2 aliphatic heterocycles. The highest BCUT2D eigenvalue weighted by atomic mass is 19.1. The Bertz CT molecular complexity index is 417. The van der Waals surface area contributed by atoms with Gasteiger partial charge in [-0.25, -0.2) is 4.39 Å². The predicted molar refractivity (Wildman–Crippen MR) is 70.8 cm³/mol. The summed E-state index contributed by atoms with van der Waals surface area (Å²) in [6, 6.07) is 7.96. The van der Waals surface area contributed by atoms with Crippen molar-refractivity contribution in [2.45, 2.75) is 25.9 Å². The first-order valence-corrected chi connectivity index (χ1v) is 6.88. The van der Waals surface area contributed by atoms with E-state index in [2.05, 4.69) is 24.1 Å². The van der Waals surface area contributed by atoms with Gasteiger partial charge in [0.2, 0.25) is 0 Å². The van der Waals surface area contributed by atoms with E-state index in [4.69, 9.17) is 0 Å². The highest BCUT2D eigenvalue weighted by Crippen LogP contribution is 2.37. The summed E-state index contributed by atoms with van der Waals surface area (Å²) in [5, 5.41) is 3.49. The van der Waals surface area contributed by atoms with Gasteiger partial charge in [-0.15, -0.1) is 0 Å². The van der Waals surface area contributed by atoms with E-state index in [1.165, 1.54) is 5.56 Å². The lowest BCUT2D eigenvalue weighted by atomic mass is 9.95. The molecule has 0 saturated carbocycles. The number of rotatable bonds is 2. The minimum Gasteiger partial charge on any atom is -0.316 e. The average Bonchev–Trinajstić information content (AvgIpc) is 2.93. The second-order valence-electron chi connectivity index (χ2n) is 5.75. The second kappa shape index (κ2) is 4.63. The standard InChI is InChI=1S/C15H21FN2/c1-10(12-3-5-14(16)6-4-12)18-9-13-7-17-8-15(13)11(18)2/h3-6,10-11,13,15,17H,7-9H2,1-2H3. The van der Waals surface area contributed by atoms with E-state index in [0.29, 0.717) is 12.1 Å². The maximum absolute atomic E-state index is 13.0. The molecule has 1 aromatic carbocycles. The van der Waals surface area contributed by atoms with Gasteiger partial charge in [-0.3, -0.25) is 4.90 Å². The molecule has 1 N–H and O–H groups in total. The monoisotopic (exact) mass is 248 g/mol. The van der Waals surface area contributed by atoms with Gasteiger partial charge in [0.25, 0.3) is 0 Å². The number of nitrogens with zero attached hydrogens (tertiary/aromatic N) is 1. The van der Waals surface area contributed by atoms with Gasteiger partial charge in [0.05, 0.1) is 0 Å². The van der Waals surface area contributed by atoms with Gasteiger partial charge in [0.1, 0.15) is 5.82 Å². The van der Waals surface area contributed by atoms with Crippen molar-refractivity contribution < 1.29 is 4.39 Å². The van der Waals surface area contributed by atoms with Crippen LogP contribution in [0.2, 0.25) is 0 Å². The molecule has 18 heavy (non-hydrogen) atoms. The smallest absolute Gasteiger partial charge is 0.123 e. The zero-order chi connectivity index (χ0) is 12.7. The fourth-order valence-electron chi connectivity index (χ4n) is 3.64. The minimum atomic E-state index is -0.151. The molecule has 98 valence electrons. The number of halogens is 1. The number of hydrogen-bond donors (Lipinski definition) is 1. The summed E-state index contributed by atoms with van der Waals surface area (Å²) in [5.74, 6) is 1.43. The summed E-state index contributed by atoms with van der Waals surface area (Å²) in [6.07, 6.45) is 0. The van der Waals surface area contributed by atoms with E-state index < -0.39 is 0 Å². The molecule has 4 atom stereocenters. The van der Waals surface area contributed by atoms with Gasteiger partial charge >= 0.3 is 0 Å². The molecule has 4 unspecified atom stereocenters. The lowest BCUT2D eigenvalue weighted by Gasteiger charge is -2.31. The Labute approximate surface area is 108 Å². The van der Waals surface area contributed by atoms with Crippen LogP contribution in [0.25, 0.3) is 0 Å². The van der Waals surface area contributed by atoms with Crippen molar-refractivity contribution in [1.29, 1.82) is 0 Å². The number of hydrogen-bond acceptors (Lipinski definition) is 2. The topological polar surface area (TPSA) is 15.3 Å². The predicted octanol–water partition coefficient (Wildman–Crippen LogP) is 2.43. The molecule has 2 saturated heterocycles. The van der Waals surface area contributed by atoms with Crippen molar-refractivity contribution in [1.82, 2.24) is 10.2 Å². The van der Waals surface area contributed by atoms with E-state index >= 15 is 0 Å². The molecule has 2 fully saturated rings. The second-order valence-corrected chi connectivity index (χ2v) is 5.75. The molecule has 0 bridgehead atoms. The maximum Gasteiger partial charge on any atom is 0.123 e. The summed E-state index contributed by atoms with van der Waals surface area (Å²) in [7, 11) is 0. The molecule has 2 aliphatic rings. The largest absolute Gasteiger partial charge is 0.316 e. The third kappa shape index (κ3) is 1.95. The van der Waals surface area contributed by atoms with E-state index in [0.717, 1.165) is 31.5 Å². The summed E-state index contributed by atoms with van der Waals surface area (Å²) in [6.45, 7) is 8.04. The first kappa shape index (κ1) is 12.1. The van der Waals surface area contributed by atoms with Crippen molar-refractivity contribution in [2.24, 2.45) is 11.8 Å². The van der Waals surface area contributed by atoms with Crippen LogP contribution in [0.15, 0.2) is 24.3 Å². The molecule has 0 spiro atoms. The molecular weight excluding hydrogens is 227 g/mol. The fourth-order valence-corrected chi connectivity index (χ4v) is 3.64. The molecule has 0 amide bonds. The van der Waals surface area contributed by atoms with Crippen molar-refractivity contribution in [3.8, 4) is 0 Å². The summed E-state index contributed by atoms with van der Waals surface area (Å²) < 4.78 is 13.0. The van der Waals surface area contributed by atoms with Crippen LogP contribution in [0.4, 0.5) is 4.39 Å². The molecule has 0 aliphatic carbocycles. The zero-order valence-electron chi connectivity index (χ0n) is 11.1. The van der Waals surface area contributed by atoms with Crippen LogP contribution in [-0.2, 0) is 0 Å². The Morgan fingerprint density at radius 1 is 1.28 bits per heavy atom. The van der Waals surface area contributed by atoms with Crippen molar-refractivity contribution in [2.75, 3.05) is 19.6 Å². The Kier molecular flexibility index (Phi) is 3.12. The molecule has 3 rings (SSSR count). The van der Waals surface area contributed by atoms with E-state index in [1.807, 2.05) is 12.1 Å². The number of fused-ring (bicyclic) bond motifs is 1. The third-order valence-electron chi connectivity index (χ3n) is 4.83. The lowest BCUT2D eigenvalue weighted by Crippen LogP contribution is -2.35. The van der Waals surface area contributed by atoms with Gasteiger partial charge in [-0.05, 0) is 56.5 Å². The fraction of sp³-hybridized carbons (Fsp3) is 0.600. The van der Waals surface area contributed by atoms with Crippen molar-refractivity contribution in [3.05, 3.63) is 35.6 Å². The highest BCUT2D eigenvalue weighted by Gasteiger charge is 2.43. The zero-order valence-corrected chi connectivity index (χ0v) is 11.1. The molecule has 2 nitrogen and oxygen atoms in total.